The van der Waals surface area contributed by atoms with Crippen LogP contribution in [0.2, 0.25) is 0 Å². The lowest BCUT2D eigenvalue weighted by molar-refractivity contribution is -0.137. The van der Waals surface area contributed by atoms with Gasteiger partial charge in [-0.05, 0) is 72.5 Å². The lowest BCUT2D eigenvalue weighted by Crippen LogP contribution is -2.46. The SMILES string of the molecule is O=C(NCc1cc(-c2ccc(C(F)(F)F)cc2)nc(N2CCN(Cc3ccccc3)CC2)c1)[C@@H]1CCCN1S(=O)(=O)c1ccc(F)cc1. The number of hydrogen-bond acceptors (Lipinski definition) is 6. The fourth-order valence-electron chi connectivity index (χ4n) is 6.13. The molecular formula is C35H35F4N5O3S. The van der Waals surface area contributed by atoms with E-state index in [9.17, 15) is 30.8 Å². The van der Waals surface area contributed by atoms with Gasteiger partial charge in [-0.25, -0.2) is 17.8 Å². The molecule has 48 heavy (non-hydrogen) atoms. The second-order valence-corrected chi connectivity index (χ2v) is 13.9. The van der Waals surface area contributed by atoms with Crippen LogP contribution in [0.1, 0.15) is 29.5 Å². The summed E-state index contributed by atoms with van der Waals surface area (Å²) in [7, 11) is -4.03. The Kier molecular flexibility index (Phi) is 9.81. The van der Waals surface area contributed by atoms with Crippen molar-refractivity contribution in [1.29, 1.82) is 0 Å². The Morgan fingerprint density at radius 2 is 1.54 bits per heavy atom. The summed E-state index contributed by atoms with van der Waals surface area (Å²) in [5, 5.41) is 2.87. The predicted molar refractivity (Wildman–Crippen MR) is 174 cm³/mol. The van der Waals surface area contributed by atoms with Crippen LogP contribution in [0.5, 0.6) is 0 Å². The van der Waals surface area contributed by atoms with Crippen LogP contribution < -0.4 is 10.2 Å². The van der Waals surface area contributed by atoms with Gasteiger partial charge in [0, 0.05) is 51.4 Å². The summed E-state index contributed by atoms with van der Waals surface area (Å²) in [6, 6.07) is 22.1. The zero-order valence-corrected chi connectivity index (χ0v) is 26.9. The predicted octanol–water partition coefficient (Wildman–Crippen LogP) is 5.70. The van der Waals surface area contributed by atoms with Crippen molar-refractivity contribution in [3.05, 3.63) is 114 Å². The number of pyridine rings is 1. The van der Waals surface area contributed by atoms with E-state index in [4.69, 9.17) is 4.98 Å². The molecule has 1 atom stereocenters. The molecule has 3 aromatic carbocycles. The van der Waals surface area contributed by atoms with E-state index in [0.29, 0.717) is 48.6 Å². The highest BCUT2D eigenvalue weighted by atomic mass is 32.2. The van der Waals surface area contributed by atoms with Gasteiger partial charge in [0.2, 0.25) is 15.9 Å². The number of carbonyl (C=O) groups is 1. The maximum Gasteiger partial charge on any atom is 0.416 e. The number of amides is 1. The molecular weight excluding hydrogens is 646 g/mol. The summed E-state index contributed by atoms with van der Waals surface area (Å²) in [5.41, 5.74) is 2.07. The molecule has 0 bridgehead atoms. The van der Waals surface area contributed by atoms with Crippen molar-refractivity contribution < 1.29 is 30.8 Å². The Labute approximate surface area is 277 Å². The maximum atomic E-state index is 13.4. The molecule has 1 amide bonds. The number of aromatic nitrogens is 1. The molecule has 0 aliphatic carbocycles. The average Bonchev–Trinajstić information content (AvgIpc) is 3.59. The zero-order valence-electron chi connectivity index (χ0n) is 26.0. The van der Waals surface area contributed by atoms with Crippen molar-refractivity contribution in [2.24, 2.45) is 0 Å². The standard InChI is InChI=1S/C35H35F4N5O3S/c36-29-12-14-30(15-13-29)48(46,47)44-16-4-7-32(44)34(45)40-23-26-21-31(27-8-10-28(11-9-27)35(37,38)39)41-33(22-26)43-19-17-42(18-20-43)24-25-5-2-1-3-6-25/h1-3,5-6,8-15,21-22,32H,4,7,16-20,23-24H2,(H,40,45)/t32-/m0/s1. The second kappa shape index (κ2) is 14.0. The molecule has 2 saturated heterocycles. The number of carbonyl (C=O) groups excluding carboxylic acids is 1. The van der Waals surface area contributed by atoms with Gasteiger partial charge in [0.1, 0.15) is 17.7 Å². The molecule has 6 rings (SSSR count). The van der Waals surface area contributed by atoms with Gasteiger partial charge in [-0.3, -0.25) is 9.69 Å². The minimum atomic E-state index is -4.47. The summed E-state index contributed by atoms with van der Waals surface area (Å²) < 4.78 is 81.0. The fourth-order valence-corrected chi connectivity index (χ4v) is 7.78. The van der Waals surface area contributed by atoms with Crippen LogP contribution in [0.25, 0.3) is 11.3 Å². The molecule has 2 aliphatic rings. The summed E-state index contributed by atoms with van der Waals surface area (Å²) in [4.78, 5) is 22.6. The smallest absolute Gasteiger partial charge is 0.354 e. The van der Waals surface area contributed by atoms with Gasteiger partial charge >= 0.3 is 6.18 Å². The van der Waals surface area contributed by atoms with Crippen LogP contribution in [0.15, 0.2) is 95.9 Å². The van der Waals surface area contributed by atoms with E-state index in [-0.39, 0.29) is 18.0 Å². The van der Waals surface area contributed by atoms with Crippen LogP contribution in [0.3, 0.4) is 0 Å². The molecule has 0 unspecified atom stereocenters. The molecule has 0 radical (unpaired) electrons. The number of anilines is 1. The minimum absolute atomic E-state index is 0.0525. The van der Waals surface area contributed by atoms with E-state index in [1.165, 1.54) is 29.8 Å². The van der Waals surface area contributed by atoms with Crippen molar-refractivity contribution >= 4 is 21.7 Å². The van der Waals surface area contributed by atoms with Crippen LogP contribution in [0.4, 0.5) is 23.4 Å². The molecule has 1 N–H and O–H groups in total. The monoisotopic (exact) mass is 681 g/mol. The number of benzene rings is 3. The van der Waals surface area contributed by atoms with Gasteiger partial charge in [0.25, 0.3) is 0 Å². The van der Waals surface area contributed by atoms with Crippen molar-refractivity contribution in [3.63, 3.8) is 0 Å². The maximum absolute atomic E-state index is 13.4. The number of nitrogens with zero attached hydrogens (tertiary/aromatic N) is 4. The molecule has 0 saturated carbocycles. The van der Waals surface area contributed by atoms with Gasteiger partial charge < -0.3 is 10.2 Å². The highest BCUT2D eigenvalue weighted by molar-refractivity contribution is 7.89. The van der Waals surface area contributed by atoms with E-state index in [0.717, 1.165) is 48.2 Å². The Morgan fingerprint density at radius 3 is 2.21 bits per heavy atom. The average molecular weight is 682 g/mol. The number of hydrogen-bond donors (Lipinski definition) is 1. The molecule has 3 heterocycles. The lowest BCUT2D eigenvalue weighted by atomic mass is 10.1. The second-order valence-electron chi connectivity index (χ2n) is 12.0. The van der Waals surface area contributed by atoms with Crippen molar-refractivity contribution in [2.75, 3.05) is 37.6 Å². The number of piperazine rings is 1. The van der Waals surface area contributed by atoms with E-state index >= 15 is 0 Å². The third-order valence-electron chi connectivity index (χ3n) is 8.72. The Hall–Kier alpha value is -4.33. The van der Waals surface area contributed by atoms with Crippen LogP contribution in [-0.4, -0.2) is 67.3 Å². The van der Waals surface area contributed by atoms with Gasteiger partial charge in [0.15, 0.2) is 0 Å². The normalized spacial score (nSPS) is 17.8. The van der Waals surface area contributed by atoms with E-state index < -0.39 is 39.5 Å². The summed E-state index contributed by atoms with van der Waals surface area (Å²) in [5.74, 6) is -0.398. The number of nitrogens with one attached hydrogen (secondary N) is 1. The molecule has 13 heteroatoms. The van der Waals surface area contributed by atoms with Crippen LogP contribution in [0, 0.1) is 5.82 Å². The van der Waals surface area contributed by atoms with Crippen molar-refractivity contribution in [2.45, 2.75) is 43.0 Å². The molecule has 252 valence electrons. The summed E-state index contributed by atoms with van der Waals surface area (Å²) >= 11 is 0. The summed E-state index contributed by atoms with van der Waals surface area (Å²) in [6.07, 6.45) is -3.65. The molecule has 4 aromatic rings. The first-order valence-corrected chi connectivity index (χ1v) is 17.2. The van der Waals surface area contributed by atoms with Crippen molar-refractivity contribution in [1.82, 2.24) is 19.5 Å². The zero-order chi connectivity index (χ0) is 33.9. The lowest BCUT2D eigenvalue weighted by Gasteiger charge is -2.35. The first-order valence-electron chi connectivity index (χ1n) is 15.7. The topological polar surface area (TPSA) is 85.8 Å². The van der Waals surface area contributed by atoms with Crippen molar-refractivity contribution in [3.8, 4) is 11.3 Å². The van der Waals surface area contributed by atoms with Gasteiger partial charge in [0.05, 0.1) is 16.2 Å². The highest BCUT2D eigenvalue weighted by Crippen LogP contribution is 2.32. The Balaban J connectivity index is 1.20. The molecule has 2 aliphatic heterocycles. The number of halogens is 4. The Morgan fingerprint density at radius 1 is 0.854 bits per heavy atom. The first kappa shape index (κ1) is 33.6. The quantitative estimate of drug-likeness (QED) is 0.229. The third-order valence-corrected chi connectivity index (χ3v) is 10.6. The van der Waals surface area contributed by atoms with E-state index in [1.807, 2.05) is 24.3 Å². The molecule has 8 nitrogen and oxygen atoms in total. The minimum Gasteiger partial charge on any atom is -0.354 e. The largest absolute Gasteiger partial charge is 0.416 e. The highest BCUT2D eigenvalue weighted by Gasteiger charge is 2.39. The molecule has 2 fully saturated rings. The number of rotatable bonds is 9. The fraction of sp³-hybridized carbons (Fsp3) is 0.314. The third kappa shape index (κ3) is 7.69. The van der Waals surface area contributed by atoms with Gasteiger partial charge in [-0.2, -0.15) is 17.5 Å². The number of sulfonamides is 1. The van der Waals surface area contributed by atoms with E-state index in [2.05, 4.69) is 27.2 Å². The van der Waals surface area contributed by atoms with Crippen LogP contribution in [-0.2, 0) is 34.1 Å². The van der Waals surface area contributed by atoms with Gasteiger partial charge in [-0.1, -0.05) is 42.5 Å². The van der Waals surface area contributed by atoms with E-state index in [1.54, 1.807) is 6.07 Å². The number of alkyl halides is 3. The molecule has 0 spiro atoms. The Bertz CT molecular complexity index is 1830. The first-order chi connectivity index (χ1) is 23.0. The van der Waals surface area contributed by atoms with Gasteiger partial charge in [-0.15, -0.1) is 0 Å². The molecule has 1 aromatic heterocycles. The summed E-state index contributed by atoms with van der Waals surface area (Å²) in [6.45, 7) is 3.96. The van der Waals surface area contributed by atoms with Crippen LogP contribution >= 0.6 is 0 Å².